The molecule has 3 unspecified atom stereocenters. The molecular formula is C58H105O11P. The predicted molar refractivity (Wildman–Crippen MR) is 289 cm³/mol. The van der Waals surface area contributed by atoms with Gasteiger partial charge in [-0.3, -0.25) is 23.4 Å². The Morgan fingerprint density at radius 1 is 0.400 bits per heavy atom. The van der Waals surface area contributed by atoms with Gasteiger partial charge in [0.1, 0.15) is 12.7 Å². The van der Waals surface area contributed by atoms with Gasteiger partial charge >= 0.3 is 25.7 Å². The van der Waals surface area contributed by atoms with Crippen LogP contribution in [0.5, 0.6) is 0 Å². The third kappa shape index (κ3) is 50.4. The third-order valence-corrected chi connectivity index (χ3v) is 13.2. The van der Waals surface area contributed by atoms with Crippen LogP contribution in [0, 0.1) is 0 Å². The molecule has 0 aliphatic heterocycles. The lowest BCUT2D eigenvalue weighted by Crippen LogP contribution is -2.30. The van der Waals surface area contributed by atoms with E-state index in [4.69, 9.17) is 23.3 Å². The molecule has 408 valence electrons. The van der Waals surface area contributed by atoms with Crippen LogP contribution in [0.2, 0.25) is 0 Å². The second kappa shape index (κ2) is 52.8. The van der Waals surface area contributed by atoms with Crippen LogP contribution in [0.1, 0.15) is 265 Å². The Morgan fingerprint density at radius 2 is 0.714 bits per heavy atom. The van der Waals surface area contributed by atoms with Gasteiger partial charge < -0.3 is 24.2 Å². The normalized spacial score (nSPS) is 13.7. The lowest BCUT2D eigenvalue weighted by molar-refractivity contribution is -0.161. The Balaban J connectivity index is 4.73. The first kappa shape index (κ1) is 67.4. The molecule has 0 aromatic heterocycles. The molecule has 70 heavy (non-hydrogen) atoms. The highest BCUT2D eigenvalue weighted by molar-refractivity contribution is 7.47. The van der Waals surface area contributed by atoms with Crippen molar-refractivity contribution in [3.05, 3.63) is 48.6 Å². The van der Waals surface area contributed by atoms with E-state index in [9.17, 15) is 28.9 Å². The summed E-state index contributed by atoms with van der Waals surface area (Å²) in [6.45, 7) is 4.57. The molecule has 0 heterocycles. The molecule has 0 radical (unpaired) electrons. The maximum atomic E-state index is 12.9. The van der Waals surface area contributed by atoms with Gasteiger partial charge in [0.2, 0.25) is 0 Å². The predicted octanol–water partition coefficient (Wildman–Crippen LogP) is 16.6. The van der Waals surface area contributed by atoms with Crippen molar-refractivity contribution >= 4 is 25.7 Å². The van der Waals surface area contributed by atoms with Crippen molar-refractivity contribution in [2.24, 2.45) is 0 Å². The van der Waals surface area contributed by atoms with Crippen LogP contribution in [0.3, 0.4) is 0 Å². The highest BCUT2D eigenvalue weighted by Gasteiger charge is 2.28. The summed E-state index contributed by atoms with van der Waals surface area (Å²) in [6.07, 6.45) is 55.0. The van der Waals surface area contributed by atoms with Gasteiger partial charge in [0.25, 0.3) is 0 Å². The highest BCUT2D eigenvalue weighted by atomic mass is 31.2. The molecule has 0 fully saturated rings. The van der Waals surface area contributed by atoms with Crippen LogP contribution in [0.25, 0.3) is 0 Å². The average molecular weight is 1010 g/mol. The zero-order valence-electron chi connectivity index (χ0n) is 45.0. The Bertz CT molecular complexity index is 1360. The van der Waals surface area contributed by atoms with Crippen molar-refractivity contribution in [1.82, 2.24) is 0 Å². The zero-order chi connectivity index (χ0) is 51.3. The second-order valence-corrected chi connectivity index (χ2v) is 20.6. The van der Waals surface area contributed by atoms with Crippen LogP contribution in [-0.4, -0.2) is 66.5 Å². The maximum Gasteiger partial charge on any atom is 0.472 e. The molecule has 0 rings (SSSR count). The van der Waals surface area contributed by atoms with Gasteiger partial charge in [-0.25, -0.2) is 4.57 Å². The average Bonchev–Trinajstić information content (AvgIpc) is 3.35. The molecule has 0 saturated carbocycles. The Morgan fingerprint density at radius 3 is 1.16 bits per heavy atom. The molecule has 0 aromatic carbocycles. The summed E-state index contributed by atoms with van der Waals surface area (Å²) in [5.41, 5.74) is 0. The van der Waals surface area contributed by atoms with Crippen molar-refractivity contribution in [1.29, 1.82) is 0 Å². The smallest absolute Gasteiger partial charge is 0.462 e. The number of unbranched alkanes of at least 4 members (excludes halogenated alkanes) is 28. The lowest BCUT2D eigenvalue weighted by atomic mass is 10.0. The Labute approximate surface area is 428 Å². The molecule has 0 aliphatic carbocycles. The molecule has 0 aromatic rings. The minimum Gasteiger partial charge on any atom is -0.462 e. The topological polar surface area (TPSA) is 155 Å². The van der Waals surface area contributed by atoms with Gasteiger partial charge in [-0.1, -0.05) is 217 Å². The number of carbonyl (C=O) groups is 3. The van der Waals surface area contributed by atoms with Gasteiger partial charge in [-0.2, -0.15) is 0 Å². The summed E-state index contributed by atoms with van der Waals surface area (Å²) in [5.74, 6) is -1.48. The first-order valence-electron chi connectivity index (χ1n) is 28.5. The number of hydrogen-bond donors (Lipinski definition) is 2. The molecule has 0 spiro atoms. The van der Waals surface area contributed by atoms with E-state index in [1.165, 1.54) is 96.3 Å². The number of hydrogen-bond acceptors (Lipinski definition) is 10. The largest absolute Gasteiger partial charge is 0.472 e. The maximum absolute atomic E-state index is 12.9. The number of esters is 3. The van der Waals surface area contributed by atoms with Gasteiger partial charge in [0.15, 0.2) is 6.10 Å². The molecule has 11 nitrogen and oxygen atoms in total. The SMILES string of the molecule is CCCC/C=C\CCCCCCCC(=O)OC(CO)COP(=O)(O)OCC(COC(=O)CCCCCCCCCCCCCCC)OC(=O)CCCCCCCC/C=C\C/C=C\C/C=C\CCCCC. The van der Waals surface area contributed by atoms with Crippen molar-refractivity contribution in [2.75, 3.05) is 26.4 Å². The van der Waals surface area contributed by atoms with Crippen LogP contribution >= 0.6 is 7.82 Å². The summed E-state index contributed by atoms with van der Waals surface area (Å²) in [5, 5.41) is 9.78. The highest BCUT2D eigenvalue weighted by Crippen LogP contribution is 2.43. The van der Waals surface area contributed by atoms with E-state index in [2.05, 4.69) is 69.4 Å². The number of rotatable bonds is 53. The Hall–Kier alpha value is -2.56. The number of phosphoric acid groups is 1. The molecule has 12 heteroatoms. The van der Waals surface area contributed by atoms with E-state index in [0.29, 0.717) is 19.3 Å². The van der Waals surface area contributed by atoms with Crippen molar-refractivity contribution in [3.63, 3.8) is 0 Å². The fraction of sp³-hybridized carbons (Fsp3) is 0.810. The van der Waals surface area contributed by atoms with E-state index >= 15 is 0 Å². The molecule has 0 saturated heterocycles. The summed E-state index contributed by atoms with van der Waals surface area (Å²) in [6, 6.07) is 0. The molecule has 2 N–H and O–H groups in total. The first-order chi connectivity index (χ1) is 34.2. The van der Waals surface area contributed by atoms with Gasteiger partial charge in [0.05, 0.1) is 19.8 Å². The quantitative estimate of drug-likeness (QED) is 0.0197. The van der Waals surface area contributed by atoms with E-state index in [-0.39, 0.29) is 25.9 Å². The Kier molecular flexibility index (Phi) is 50.8. The van der Waals surface area contributed by atoms with Gasteiger partial charge in [-0.05, 0) is 77.0 Å². The number of aliphatic hydroxyl groups is 1. The summed E-state index contributed by atoms with van der Waals surface area (Å²) in [4.78, 5) is 48.4. The lowest BCUT2D eigenvalue weighted by Gasteiger charge is -2.21. The van der Waals surface area contributed by atoms with Gasteiger partial charge in [0, 0.05) is 19.3 Å². The zero-order valence-corrected chi connectivity index (χ0v) is 45.9. The van der Waals surface area contributed by atoms with Crippen LogP contribution < -0.4 is 0 Å². The fourth-order valence-electron chi connectivity index (χ4n) is 7.81. The number of ether oxygens (including phenoxy) is 3. The van der Waals surface area contributed by atoms with Crippen molar-refractivity contribution in [2.45, 2.75) is 277 Å². The summed E-state index contributed by atoms with van der Waals surface area (Å²) in [7, 11) is -4.75. The fourth-order valence-corrected chi connectivity index (χ4v) is 8.60. The van der Waals surface area contributed by atoms with Crippen molar-refractivity contribution < 1.29 is 52.2 Å². The van der Waals surface area contributed by atoms with Crippen LogP contribution in [0.15, 0.2) is 48.6 Å². The van der Waals surface area contributed by atoms with Gasteiger partial charge in [-0.15, -0.1) is 0 Å². The van der Waals surface area contributed by atoms with E-state index < -0.39 is 57.8 Å². The number of phosphoric ester groups is 1. The summed E-state index contributed by atoms with van der Waals surface area (Å²) >= 11 is 0. The summed E-state index contributed by atoms with van der Waals surface area (Å²) < 4.78 is 39.4. The van der Waals surface area contributed by atoms with Crippen molar-refractivity contribution in [3.8, 4) is 0 Å². The standard InChI is InChI=1S/C58H105O11P/c1-4-7-10-13-16-19-22-24-25-26-27-28-29-31-34-37-40-43-46-49-58(62)69-55(51-65-56(60)47-44-41-38-35-33-30-23-20-17-14-11-8-5-2)53-67-70(63,64)66-52-54(50-59)68-57(61)48-45-42-39-36-32-21-18-15-12-9-6-3/h15-16,18-19,24-25,27-28,54-55,59H,4-14,17,20-23,26,29-53H2,1-3H3,(H,63,64)/b18-15-,19-16-,25-24-,28-27-. The number of allylic oxidation sites excluding steroid dienone is 8. The monoisotopic (exact) mass is 1010 g/mol. The molecule has 0 aliphatic rings. The first-order valence-corrected chi connectivity index (χ1v) is 30.0. The number of aliphatic hydroxyl groups excluding tert-OH is 1. The molecule has 0 amide bonds. The third-order valence-electron chi connectivity index (χ3n) is 12.2. The van der Waals surface area contributed by atoms with E-state index in [1.54, 1.807) is 0 Å². The minimum atomic E-state index is -4.75. The molecule has 0 bridgehead atoms. The van der Waals surface area contributed by atoms with Crippen LogP contribution in [0.4, 0.5) is 0 Å². The number of carbonyl (C=O) groups excluding carboxylic acids is 3. The van der Waals surface area contributed by atoms with Crippen LogP contribution in [-0.2, 0) is 42.2 Å². The minimum absolute atomic E-state index is 0.155. The molecule has 3 atom stereocenters. The molecular weight excluding hydrogens is 904 g/mol. The van der Waals surface area contributed by atoms with E-state index in [0.717, 1.165) is 109 Å². The van der Waals surface area contributed by atoms with E-state index in [1.807, 2.05) is 0 Å². The second-order valence-electron chi connectivity index (χ2n) is 19.1.